The Morgan fingerprint density at radius 3 is 1.81 bits per heavy atom. The van der Waals surface area contributed by atoms with E-state index in [0.29, 0.717) is 0 Å². The molecule has 0 spiro atoms. The predicted octanol–water partition coefficient (Wildman–Crippen LogP) is 2.46. The third-order valence-electron chi connectivity index (χ3n) is 3.39. The Bertz CT molecular complexity index is 707. The molecular weight excluding hydrogens is 527 g/mol. The molecular formula is C20H26O5Pb. The average Bonchev–Trinajstić information content (AvgIpc) is 2.55. The molecule has 2 aromatic carbocycles. The van der Waals surface area contributed by atoms with Crippen LogP contribution in [0.25, 0.3) is 0 Å². The average molecular weight is 554 g/mol. The van der Waals surface area contributed by atoms with Crippen LogP contribution in [0.4, 0.5) is 0 Å². The first-order valence-corrected chi connectivity index (χ1v) is 11.8. The quantitative estimate of drug-likeness (QED) is 0.571. The fourth-order valence-electron chi connectivity index (χ4n) is 2.03. The summed E-state index contributed by atoms with van der Waals surface area (Å²) in [4.78, 5) is 18.0. The first-order chi connectivity index (χ1) is 12.1. The first kappa shape index (κ1) is 24.1. The molecule has 6 heteroatoms. The van der Waals surface area contributed by atoms with Gasteiger partial charge in [-0.05, 0) is 0 Å². The zero-order chi connectivity index (χ0) is 20.3. The molecule has 0 aliphatic rings. The molecule has 0 saturated carbocycles. The molecule has 26 heavy (non-hydrogen) atoms. The Balaban J connectivity index is 0.000000662. The van der Waals surface area contributed by atoms with Crippen LogP contribution < -0.4 is 11.0 Å². The molecule has 0 saturated heterocycles. The SMILES string of the molecule is CC(=O)O.CC(=O)O.COc1cc(C)c(C)c(C)[c]1[Pb][c]1ccccc1. The number of hydrogen-bond donors (Lipinski definition) is 2. The van der Waals surface area contributed by atoms with Crippen molar-refractivity contribution in [2.45, 2.75) is 34.6 Å². The summed E-state index contributed by atoms with van der Waals surface area (Å²) in [6.45, 7) is 8.77. The molecule has 0 amide bonds. The second-order valence-corrected chi connectivity index (χ2v) is 10.7. The number of aliphatic carboxylic acids is 2. The zero-order valence-corrected chi connectivity index (χ0v) is 20.0. The van der Waals surface area contributed by atoms with E-state index in [4.69, 9.17) is 24.5 Å². The van der Waals surface area contributed by atoms with Crippen molar-refractivity contribution in [3.05, 3.63) is 53.1 Å². The Morgan fingerprint density at radius 2 is 1.38 bits per heavy atom. The summed E-state index contributed by atoms with van der Waals surface area (Å²) in [5.74, 6) is -0.581. The van der Waals surface area contributed by atoms with Crippen LogP contribution >= 0.6 is 0 Å². The van der Waals surface area contributed by atoms with E-state index in [0.717, 1.165) is 19.6 Å². The van der Waals surface area contributed by atoms with E-state index in [1.807, 2.05) is 0 Å². The number of methoxy groups -OCH3 is 1. The molecule has 0 aromatic heterocycles. The number of benzene rings is 2. The molecule has 0 heterocycles. The zero-order valence-electron chi connectivity index (χ0n) is 16.1. The third kappa shape index (κ3) is 9.55. The molecule has 0 unspecified atom stereocenters. The van der Waals surface area contributed by atoms with E-state index in [1.165, 1.54) is 22.9 Å². The molecule has 0 atom stereocenters. The van der Waals surface area contributed by atoms with Gasteiger partial charge in [-0.3, -0.25) is 9.59 Å². The van der Waals surface area contributed by atoms with Gasteiger partial charge in [0.1, 0.15) is 0 Å². The molecule has 2 radical (unpaired) electrons. The molecule has 2 rings (SSSR count). The molecule has 140 valence electrons. The van der Waals surface area contributed by atoms with Gasteiger partial charge in [-0.25, -0.2) is 0 Å². The van der Waals surface area contributed by atoms with Crippen LogP contribution in [0.15, 0.2) is 36.4 Å². The van der Waals surface area contributed by atoms with Gasteiger partial charge in [-0.2, -0.15) is 0 Å². The van der Waals surface area contributed by atoms with Crippen LogP contribution in [-0.2, 0) is 9.59 Å². The van der Waals surface area contributed by atoms with Crippen LogP contribution in [0.1, 0.15) is 30.5 Å². The maximum atomic E-state index is 9.00. The molecule has 0 aliphatic carbocycles. The van der Waals surface area contributed by atoms with Crippen molar-refractivity contribution in [3.63, 3.8) is 0 Å². The molecule has 2 N–H and O–H groups in total. The monoisotopic (exact) mass is 554 g/mol. The third-order valence-corrected chi connectivity index (χ3v) is 9.19. The van der Waals surface area contributed by atoms with Gasteiger partial charge in [0.05, 0.1) is 0 Å². The normalized spacial score (nSPS) is 9.15. The summed E-state index contributed by atoms with van der Waals surface area (Å²) in [7, 11) is 1.78. The van der Waals surface area contributed by atoms with Gasteiger partial charge in [-0.1, -0.05) is 0 Å². The summed E-state index contributed by atoms with van der Waals surface area (Å²) in [5.41, 5.74) is 4.16. The predicted molar refractivity (Wildman–Crippen MR) is 105 cm³/mol. The molecule has 2 aromatic rings. The maximum absolute atomic E-state index is 9.00. The van der Waals surface area contributed by atoms with Gasteiger partial charge >= 0.3 is 122 Å². The number of carbonyl (C=O) groups is 2. The van der Waals surface area contributed by atoms with Crippen LogP contribution in [0.5, 0.6) is 5.75 Å². The Kier molecular flexibility index (Phi) is 11.5. The fourth-order valence-corrected chi connectivity index (χ4v) is 7.16. The van der Waals surface area contributed by atoms with Gasteiger partial charge < -0.3 is 10.2 Å². The number of rotatable bonds is 3. The summed E-state index contributed by atoms with van der Waals surface area (Å²) in [6, 6.07) is 13.0. The Morgan fingerprint density at radius 1 is 0.923 bits per heavy atom. The van der Waals surface area contributed by atoms with Gasteiger partial charge in [0, 0.05) is 13.8 Å². The van der Waals surface area contributed by atoms with Crippen LogP contribution in [0, 0.1) is 20.8 Å². The Labute approximate surface area is 167 Å². The number of aryl methyl sites for hydroxylation is 1. The molecule has 5 nitrogen and oxygen atoms in total. The minimum absolute atomic E-state index is 0.833. The van der Waals surface area contributed by atoms with Crippen molar-refractivity contribution in [1.29, 1.82) is 0 Å². The van der Waals surface area contributed by atoms with Gasteiger partial charge in [0.25, 0.3) is 11.9 Å². The van der Waals surface area contributed by atoms with Crippen molar-refractivity contribution in [2.75, 3.05) is 7.11 Å². The fraction of sp³-hybridized carbons (Fsp3) is 0.300. The number of hydrogen-bond acceptors (Lipinski definition) is 3. The van der Waals surface area contributed by atoms with E-state index in [1.54, 1.807) is 7.11 Å². The second kappa shape index (κ2) is 12.5. The summed E-state index contributed by atoms with van der Waals surface area (Å²) < 4.78 is 8.59. The standard InChI is InChI=1S/C10H13O.C6H5.2C2H4O2.Pb/c1-7-5-10(11-4)6-8(2)9(7)3;1-2-4-6-5-3-1;2*1-2(3)4;/h5H,1-4H3;1-5H;2*1H3,(H,3,4);. The molecule has 0 fully saturated rings. The summed E-state index contributed by atoms with van der Waals surface area (Å²) in [5, 5.41) is 14.8. The topological polar surface area (TPSA) is 83.8 Å². The molecule has 0 aliphatic heterocycles. The minimum atomic E-state index is -1.02. The van der Waals surface area contributed by atoms with Crippen LogP contribution in [0.3, 0.4) is 0 Å². The number of ether oxygens (including phenoxy) is 1. The van der Waals surface area contributed by atoms with E-state index in [2.05, 4.69) is 57.2 Å². The van der Waals surface area contributed by atoms with Gasteiger partial charge in [0.2, 0.25) is 0 Å². The first-order valence-electron chi connectivity index (χ1n) is 7.96. The van der Waals surface area contributed by atoms with Crippen molar-refractivity contribution in [3.8, 4) is 5.75 Å². The van der Waals surface area contributed by atoms with Gasteiger partial charge in [-0.15, -0.1) is 0 Å². The Hall–Kier alpha value is -1.90. The number of carboxylic acid groups (broad SMARTS) is 2. The number of carboxylic acids is 2. The molecule has 0 bridgehead atoms. The summed E-state index contributed by atoms with van der Waals surface area (Å²) in [6.07, 6.45) is 0. The summed E-state index contributed by atoms with van der Waals surface area (Å²) >= 11 is -1.02. The van der Waals surface area contributed by atoms with E-state index >= 15 is 0 Å². The van der Waals surface area contributed by atoms with Crippen molar-refractivity contribution in [1.82, 2.24) is 0 Å². The van der Waals surface area contributed by atoms with Crippen molar-refractivity contribution >= 4 is 42.4 Å². The van der Waals surface area contributed by atoms with Crippen LogP contribution in [-0.4, -0.2) is 53.5 Å². The van der Waals surface area contributed by atoms with E-state index in [9.17, 15) is 0 Å². The van der Waals surface area contributed by atoms with Crippen molar-refractivity contribution in [2.24, 2.45) is 0 Å². The second-order valence-electron chi connectivity index (χ2n) is 5.55. The van der Waals surface area contributed by atoms with E-state index in [-0.39, 0.29) is 0 Å². The van der Waals surface area contributed by atoms with Gasteiger partial charge in [0.15, 0.2) is 0 Å². The van der Waals surface area contributed by atoms with Crippen LogP contribution in [0.2, 0.25) is 0 Å². The van der Waals surface area contributed by atoms with Crippen molar-refractivity contribution < 1.29 is 24.5 Å². The van der Waals surface area contributed by atoms with E-state index < -0.39 is 36.2 Å².